The van der Waals surface area contributed by atoms with Gasteiger partial charge in [-0.3, -0.25) is 4.68 Å². The number of rotatable bonds is 2. The lowest BCUT2D eigenvalue weighted by Gasteiger charge is -1.97. The third-order valence-corrected chi connectivity index (χ3v) is 2.35. The van der Waals surface area contributed by atoms with Crippen LogP contribution in [-0.2, 0) is 13.6 Å². The Hall–Kier alpha value is -1.36. The molecule has 0 spiro atoms. The highest BCUT2D eigenvalue weighted by Crippen LogP contribution is 2.02. The maximum absolute atomic E-state index is 5.15. The van der Waals surface area contributed by atoms with Gasteiger partial charge in [-0.05, 0) is 25.2 Å². The van der Waals surface area contributed by atoms with E-state index < -0.39 is 0 Å². The minimum absolute atomic E-state index is 0.726. The number of aryl methyl sites for hydroxylation is 2. The van der Waals surface area contributed by atoms with Gasteiger partial charge in [-0.1, -0.05) is 0 Å². The normalized spacial score (nSPS) is 10.7. The van der Waals surface area contributed by atoms with Gasteiger partial charge < -0.3 is 9.55 Å². The molecule has 14 heavy (non-hydrogen) atoms. The minimum Gasteiger partial charge on any atom is -0.335 e. The molecule has 5 heteroatoms. The quantitative estimate of drug-likeness (QED) is 0.762. The van der Waals surface area contributed by atoms with Gasteiger partial charge in [-0.15, -0.1) is 0 Å². The van der Waals surface area contributed by atoms with Gasteiger partial charge in [0.1, 0.15) is 0 Å². The lowest BCUT2D eigenvalue weighted by molar-refractivity contribution is 0.701. The predicted octanol–water partition coefficient (Wildman–Crippen LogP) is 1.64. The number of imidazole rings is 1. The molecule has 2 rings (SSSR count). The predicted molar refractivity (Wildman–Crippen MR) is 56.7 cm³/mol. The van der Waals surface area contributed by atoms with Crippen molar-refractivity contribution in [2.75, 3.05) is 0 Å². The van der Waals surface area contributed by atoms with Gasteiger partial charge >= 0.3 is 0 Å². The third kappa shape index (κ3) is 1.77. The van der Waals surface area contributed by atoms with E-state index in [1.807, 2.05) is 37.0 Å². The van der Waals surface area contributed by atoms with Crippen molar-refractivity contribution in [3.63, 3.8) is 0 Å². The molecule has 0 radical (unpaired) electrons. The van der Waals surface area contributed by atoms with Crippen molar-refractivity contribution in [1.29, 1.82) is 0 Å². The zero-order valence-corrected chi connectivity index (χ0v) is 9.01. The molecule has 1 N–H and O–H groups in total. The van der Waals surface area contributed by atoms with E-state index >= 15 is 0 Å². The molecule has 0 aromatic carbocycles. The molecule has 0 aliphatic carbocycles. The lowest BCUT2D eigenvalue weighted by Crippen LogP contribution is -2.00. The maximum atomic E-state index is 5.15. The summed E-state index contributed by atoms with van der Waals surface area (Å²) in [4.78, 5) is 3.08. The summed E-state index contributed by atoms with van der Waals surface area (Å²) in [5.74, 6) is 0. The standard InChI is InChI=1S/C9H12N4S/c1-7-5-13(9(14)10-7)6-8-3-4-12(2)11-8/h3-5H,6H2,1-2H3,(H,10,14). The van der Waals surface area contributed by atoms with Crippen molar-refractivity contribution in [2.45, 2.75) is 13.5 Å². The molecule has 74 valence electrons. The van der Waals surface area contributed by atoms with Crippen LogP contribution in [0.25, 0.3) is 0 Å². The summed E-state index contributed by atoms with van der Waals surface area (Å²) in [5.41, 5.74) is 2.09. The third-order valence-electron chi connectivity index (χ3n) is 2.02. The fourth-order valence-corrected chi connectivity index (χ4v) is 1.68. The molecule has 2 aromatic heterocycles. The second kappa shape index (κ2) is 3.42. The molecule has 0 atom stereocenters. The Bertz CT molecular complexity index is 491. The zero-order valence-electron chi connectivity index (χ0n) is 8.19. The first kappa shape index (κ1) is 9.21. The highest BCUT2D eigenvalue weighted by atomic mass is 32.1. The monoisotopic (exact) mass is 208 g/mol. The molecule has 2 aromatic rings. The number of H-pyrrole nitrogens is 1. The lowest BCUT2D eigenvalue weighted by atomic mass is 10.4. The van der Waals surface area contributed by atoms with Crippen LogP contribution in [0.15, 0.2) is 18.5 Å². The first-order valence-electron chi connectivity index (χ1n) is 4.40. The van der Waals surface area contributed by atoms with Crippen LogP contribution >= 0.6 is 12.2 Å². The summed E-state index contributed by atoms with van der Waals surface area (Å²) in [6.45, 7) is 2.72. The van der Waals surface area contributed by atoms with Crippen molar-refractivity contribution >= 4 is 12.2 Å². The van der Waals surface area contributed by atoms with Crippen molar-refractivity contribution < 1.29 is 0 Å². The average molecular weight is 208 g/mol. The van der Waals surface area contributed by atoms with Crippen LogP contribution in [-0.4, -0.2) is 19.3 Å². The summed E-state index contributed by atoms with van der Waals surface area (Å²) < 4.78 is 4.51. The van der Waals surface area contributed by atoms with Crippen molar-refractivity contribution in [3.8, 4) is 0 Å². The molecule has 0 fully saturated rings. The van der Waals surface area contributed by atoms with Crippen LogP contribution < -0.4 is 0 Å². The van der Waals surface area contributed by atoms with Crippen LogP contribution in [0.5, 0.6) is 0 Å². The molecule has 0 amide bonds. The van der Waals surface area contributed by atoms with Gasteiger partial charge in [-0.25, -0.2) is 0 Å². The van der Waals surface area contributed by atoms with Crippen LogP contribution in [0.3, 0.4) is 0 Å². The highest BCUT2D eigenvalue weighted by molar-refractivity contribution is 7.71. The zero-order chi connectivity index (χ0) is 10.1. The van der Waals surface area contributed by atoms with Crippen molar-refractivity contribution in [2.24, 2.45) is 7.05 Å². The Morgan fingerprint density at radius 1 is 1.57 bits per heavy atom. The largest absolute Gasteiger partial charge is 0.335 e. The van der Waals surface area contributed by atoms with Gasteiger partial charge in [-0.2, -0.15) is 5.10 Å². The Labute approximate surface area is 87.2 Å². The Morgan fingerprint density at radius 3 is 2.86 bits per heavy atom. The second-order valence-electron chi connectivity index (χ2n) is 3.35. The summed E-state index contributed by atoms with van der Waals surface area (Å²) >= 11 is 5.15. The van der Waals surface area contributed by atoms with E-state index in [2.05, 4.69) is 10.1 Å². The molecule has 4 nitrogen and oxygen atoms in total. The van der Waals surface area contributed by atoms with Crippen LogP contribution in [0.4, 0.5) is 0 Å². The first-order chi connectivity index (χ1) is 6.65. The molecule has 0 saturated carbocycles. The van der Waals surface area contributed by atoms with Crippen molar-refractivity contribution in [3.05, 3.63) is 34.6 Å². The number of nitrogens with one attached hydrogen (secondary N) is 1. The average Bonchev–Trinajstić information content (AvgIpc) is 2.61. The Kier molecular flexibility index (Phi) is 2.25. The first-order valence-corrected chi connectivity index (χ1v) is 4.80. The van der Waals surface area contributed by atoms with Gasteiger partial charge in [0.2, 0.25) is 0 Å². The molecular weight excluding hydrogens is 196 g/mol. The molecule has 0 aliphatic rings. The van der Waals surface area contributed by atoms with Gasteiger partial charge in [0.25, 0.3) is 0 Å². The number of aromatic amines is 1. The topological polar surface area (TPSA) is 38.5 Å². The SMILES string of the molecule is Cc1cn(Cc2ccn(C)n2)c(=S)[nH]1. The van der Waals surface area contributed by atoms with Crippen LogP contribution in [0, 0.1) is 11.7 Å². The minimum atomic E-state index is 0.726. The molecule has 0 saturated heterocycles. The molecule has 0 bridgehead atoms. The van der Waals surface area contributed by atoms with E-state index in [1.165, 1.54) is 0 Å². The van der Waals surface area contributed by atoms with E-state index in [0.717, 1.165) is 22.7 Å². The Morgan fingerprint density at radius 2 is 2.36 bits per heavy atom. The fraction of sp³-hybridized carbons (Fsp3) is 0.333. The summed E-state index contributed by atoms with van der Waals surface area (Å²) in [7, 11) is 1.91. The molecule has 0 unspecified atom stereocenters. The van der Waals surface area contributed by atoms with Crippen LogP contribution in [0.1, 0.15) is 11.4 Å². The maximum Gasteiger partial charge on any atom is 0.177 e. The number of nitrogens with zero attached hydrogens (tertiary/aromatic N) is 3. The highest BCUT2D eigenvalue weighted by Gasteiger charge is 2.00. The van der Waals surface area contributed by atoms with E-state index in [4.69, 9.17) is 12.2 Å². The van der Waals surface area contributed by atoms with E-state index in [-0.39, 0.29) is 0 Å². The number of hydrogen-bond donors (Lipinski definition) is 1. The van der Waals surface area contributed by atoms with E-state index in [9.17, 15) is 0 Å². The fourth-order valence-electron chi connectivity index (χ4n) is 1.40. The van der Waals surface area contributed by atoms with E-state index in [1.54, 1.807) is 4.68 Å². The summed E-state index contributed by atoms with van der Waals surface area (Å²) in [6.07, 6.45) is 3.93. The Balaban J connectivity index is 2.26. The van der Waals surface area contributed by atoms with Gasteiger partial charge in [0.05, 0.1) is 12.2 Å². The van der Waals surface area contributed by atoms with Gasteiger partial charge in [0.15, 0.2) is 4.77 Å². The van der Waals surface area contributed by atoms with Crippen molar-refractivity contribution in [1.82, 2.24) is 19.3 Å². The van der Waals surface area contributed by atoms with Crippen LogP contribution in [0.2, 0.25) is 0 Å². The summed E-state index contributed by atoms with van der Waals surface area (Å²) in [5, 5.41) is 4.29. The summed E-state index contributed by atoms with van der Waals surface area (Å²) in [6, 6.07) is 1.99. The molecular formula is C9H12N4S. The van der Waals surface area contributed by atoms with E-state index in [0.29, 0.717) is 0 Å². The number of hydrogen-bond acceptors (Lipinski definition) is 2. The smallest absolute Gasteiger partial charge is 0.177 e. The molecule has 2 heterocycles. The molecule has 0 aliphatic heterocycles. The second-order valence-corrected chi connectivity index (χ2v) is 3.74. The van der Waals surface area contributed by atoms with Gasteiger partial charge in [0, 0.05) is 25.1 Å². The number of aromatic nitrogens is 4.